The number of amides is 2. The summed E-state index contributed by atoms with van der Waals surface area (Å²) in [7, 11) is 0. The Hall–Kier alpha value is -2.28. The van der Waals surface area contributed by atoms with E-state index in [0.717, 1.165) is 28.6 Å². The molecular weight excluding hydrogens is 374 g/mol. The van der Waals surface area contributed by atoms with Crippen LogP contribution in [0.5, 0.6) is 11.5 Å². The molecule has 1 aromatic heterocycles. The van der Waals surface area contributed by atoms with E-state index in [-0.39, 0.29) is 17.6 Å². The van der Waals surface area contributed by atoms with Gasteiger partial charge in [0.2, 0.25) is 0 Å². The molecule has 1 unspecified atom stereocenters. The third-order valence-corrected chi connectivity index (χ3v) is 5.50. The summed E-state index contributed by atoms with van der Waals surface area (Å²) in [5.41, 5.74) is 1.15. The summed E-state index contributed by atoms with van der Waals surface area (Å²) in [6, 6.07) is 7.52. The first-order chi connectivity index (χ1) is 13.4. The number of hydrogen-bond acceptors (Lipinski definition) is 5. The lowest BCUT2D eigenvalue weighted by Crippen LogP contribution is -2.47. The number of aromatic nitrogens is 1. The second-order valence-corrected chi connectivity index (χ2v) is 8.84. The predicted molar refractivity (Wildman–Crippen MR) is 112 cm³/mol. The number of nitrogens with one attached hydrogen (secondary N) is 1. The van der Waals surface area contributed by atoms with Crippen molar-refractivity contribution in [2.24, 2.45) is 0 Å². The SMILES string of the molecule is CCN(CC1COc2ccccc2O1)C(=O)NCCc1nc(C(C)(C)C)cs1. The first-order valence-electron chi connectivity index (χ1n) is 9.73. The molecule has 1 aromatic carbocycles. The summed E-state index contributed by atoms with van der Waals surface area (Å²) in [5, 5.41) is 6.15. The highest BCUT2D eigenvalue weighted by atomic mass is 32.1. The standard InChI is InChI=1S/C21H29N3O3S/c1-5-24(12-15-13-26-16-8-6-7-9-17(16)27-15)20(25)22-11-10-19-23-18(14-28-19)21(2,3)4/h6-9,14-15H,5,10-13H2,1-4H3,(H,22,25). The minimum atomic E-state index is -0.172. The van der Waals surface area contributed by atoms with Crippen molar-refractivity contribution in [3.05, 3.63) is 40.3 Å². The highest BCUT2D eigenvalue weighted by molar-refractivity contribution is 7.09. The molecule has 2 amide bonds. The molecule has 0 radical (unpaired) electrons. The third-order valence-electron chi connectivity index (χ3n) is 4.60. The van der Waals surface area contributed by atoms with Gasteiger partial charge in [-0.25, -0.2) is 9.78 Å². The van der Waals surface area contributed by atoms with Crippen LogP contribution in [-0.2, 0) is 11.8 Å². The van der Waals surface area contributed by atoms with Gasteiger partial charge in [-0.1, -0.05) is 32.9 Å². The summed E-state index contributed by atoms with van der Waals surface area (Å²) in [6.45, 7) is 10.5. The van der Waals surface area contributed by atoms with Crippen LogP contribution in [0.4, 0.5) is 4.79 Å². The second kappa shape index (κ2) is 8.82. The van der Waals surface area contributed by atoms with Crippen molar-refractivity contribution in [3.8, 4) is 11.5 Å². The number of likely N-dealkylation sites (N-methyl/N-ethyl adjacent to an activating group) is 1. The van der Waals surface area contributed by atoms with Gasteiger partial charge in [-0.2, -0.15) is 0 Å². The fourth-order valence-corrected chi connectivity index (χ4v) is 3.94. The Balaban J connectivity index is 1.47. The molecule has 6 nitrogen and oxygen atoms in total. The van der Waals surface area contributed by atoms with E-state index in [1.54, 1.807) is 16.2 Å². The average Bonchev–Trinajstić information content (AvgIpc) is 3.15. The van der Waals surface area contributed by atoms with E-state index in [1.165, 1.54) is 0 Å². The van der Waals surface area contributed by atoms with E-state index in [1.807, 2.05) is 31.2 Å². The van der Waals surface area contributed by atoms with Gasteiger partial charge in [0, 0.05) is 30.3 Å². The predicted octanol–water partition coefficient (Wildman–Crippen LogP) is 3.85. The molecule has 1 aliphatic rings. The number of benzene rings is 1. The Morgan fingerprint density at radius 1 is 1.32 bits per heavy atom. The van der Waals surface area contributed by atoms with E-state index < -0.39 is 0 Å². The molecule has 7 heteroatoms. The van der Waals surface area contributed by atoms with Gasteiger partial charge in [0.05, 0.1) is 17.2 Å². The third kappa shape index (κ3) is 5.16. The Morgan fingerprint density at radius 3 is 2.75 bits per heavy atom. The number of urea groups is 1. The molecule has 152 valence electrons. The van der Waals surface area contributed by atoms with Crippen LogP contribution in [0.2, 0.25) is 0 Å². The minimum absolute atomic E-state index is 0.0533. The lowest BCUT2D eigenvalue weighted by Gasteiger charge is -2.30. The molecule has 2 heterocycles. The number of hydrogen-bond donors (Lipinski definition) is 1. The van der Waals surface area contributed by atoms with E-state index in [0.29, 0.717) is 26.2 Å². The zero-order valence-corrected chi connectivity index (χ0v) is 17.8. The molecule has 0 saturated heterocycles. The summed E-state index contributed by atoms with van der Waals surface area (Å²) in [5.74, 6) is 1.48. The van der Waals surface area contributed by atoms with Crippen LogP contribution >= 0.6 is 11.3 Å². The van der Waals surface area contributed by atoms with E-state index in [2.05, 4.69) is 36.5 Å². The van der Waals surface area contributed by atoms with Crippen LogP contribution in [0.1, 0.15) is 38.4 Å². The maximum atomic E-state index is 12.5. The van der Waals surface area contributed by atoms with Gasteiger partial charge in [0.1, 0.15) is 6.61 Å². The van der Waals surface area contributed by atoms with Crippen molar-refractivity contribution in [2.45, 2.75) is 45.6 Å². The highest BCUT2D eigenvalue weighted by Crippen LogP contribution is 2.31. The summed E-state index contributed by atoms with van der Waals surface area (Å²) < 4.78 is 11.7. The van der Waals surface area contributed by atoms with Crippen LogP contribution in [0, 0.1) is 0 Å². The Bertz CT molecular complexity index is 800. The molecular formula is C21H29N3O3S. The number of carbonyl (C=O) groups excluding carboxylic acids is 1. The number of ether oxygens (including phenoxy) is 2. The fraction of sp³-hybridized carbons (Fsp3) is 0.524. The van der Waals surface area contributed by atoms with Gasteiger partial charge < -0.3 is 19.7 Å². The molecule has 0 bridgehead atoms. The molecule has 3 rings (SSSR count). The Labute approximate surface area is 170 Å². The van der Waals surface area contributed by atoms with E-state index in [9.17, 15) is 4.79 Å². The van der Waals surface area contributed by atoms with Gasteiger partial charge in [-0.05, 0) is 19.1 Å². The Kier molecular flexibility index (Phi) is 6.44. The number of thiazole rings is 1. The average molecular weight is 404 g/mol. The first-order valence-corrected chi connectivity index (χ1v) is 10.6. The number of rotatable bonds is 6. The number of fused-ring (bicyclic) bond motifs is 1. The molecule has 2 aromatic rings. The van der Waals surface area contributed by atoms with Gasteiger partial charge in [-0.15, -0.1) is 11.3 Å². The van der Waals surface area contributed by atoms with Crippen molar-refractivity contribution in [1.82, 2.24) is 15.2 Å². The number of para-hydroxylation sites is 2. The zero-order valence-electron chi connectivity index (χ0n) is 17.0. The molecule has 0 saturated carbocycles. The quantitative estimate of drug-likeness (QED) is 0.796. The lowest BCUT2D eigenvalue weighted by molar-refractivity contribution is 0.0676. The summed E-state index contributed by atoms with van der Waals surface area (Å²) in [6.07, 6.45) is 0.564. The van der Waals surface area contributed by atoms with Crippen molar-refractivity contribution in [3.63, 3.8) is 0 Å². The van der Waals surface area contributed by atoms with Crippen LogP contribution in [0.25, 0.3) is 0 Å². The van der Waals surface area contributed by atoms with Crippen LogP contribution < -0.4 is 14.8 Å². The van der Waals surface area contributed by atoms with Crippen LogP contribution in [-0.4, -0.2) is 48.3 Å². The minimum Gasteiger partial charge on any atom is -0.486 e. The van der Waals surface area contributed by atoms with Gasteiger partial charge in [0.15, 0.2) is 17.6 Å². The molecule has 0 fully saturated rings. The summed E-state index contributed by atoms with van der Waals surface area (Å²) in [4.78, 5) is 19.0. The maximum Gasteiger partial charge on any atom is 0.317 e. The molecule has 0 aliphatic carbocycles. The largest absolute Gasteiger partial charge is 0.486 e. The van der Waals surface area contributed by atoms with Gasteiger partial charge in [0.25, 0.3) is 0 Å². The van der Waals surface area contributed by atoms with Crippen molar-refractivity contribution >= 4 is 17.4 Å². The monoisotopic (exact) mass is 403 g/mol. The van der Waals surface area contributed by atoms with Crippen molar-refractivity contribution < 1.29 is 14.3 Å². The molecule has 0 spiro atoms. The second-order valence-electron chi connectivity index (χ2n) is 7.89. The molecule has 1 N–H and O–H groups in total. The number of nitrogens with zero attached hydrogens (tertiary/aromatic N) is 2. The molecule has 1 aliphatic heterocycles. The zero-order chi connectivity index (χ0) is 20.1. The van der Waals surface area contributed by atoms with Crippen molar-refractivity contribution in [2.75, 3.05) is 26.2 Å². The topological polar surface area (TPSA) is 63.7 Å². The van der Waals surface area contributed by atoms with Crippen LogP contribution in [0.15, 0.2) is 29.6 Å². The fourth-order valence-electron chi connectivity index (χ4n) is 2.91. The summed E-state index contributed by atoms with van der Waals surface area (Å²) >= 11 is 1.65. The highest BCUT2D eigenvalue weighted by Gasteiger charge is 2.24. The van der Waals surface area contributed by atoms with Gasteiger partial charge >= 0.3 is 6.03 Å². The first kappa shape index (κ1) is 20.5. The maximum absolute atomic E-state index is 12.5. The number of carbonyl (C=O) groups is 1. The Morgan fingerprint density at radius 2 is 2.07 bits per heavy atom. The smallest absolute Gasteiger partial charge is 0.317 e. The van der Waals surface area contributed by atoms with Crippen molar-refractivity contribution in [1.29, 1.82) is 0 Å². The van der Waals surface area contributed by atoms with Crippen LogP contribution in [0.3, 0.4) is 0 Å². The van der Waals surface area contributed by atoms with Gasteiger partial charge in [-0.3, -0.25) is 0 Å². The van der Waals surface area contributed by atoms with E-state index >= 15 is 0 Å². The van der Waals surface area contributed by atoms with E-state index in [4.69, 9.17) is 9.47 Å². The molecule has 1 atom stereocenters. The normalized spacial score (nSPS) is 15.9. The lowest BCUT2D eigenvalue weighted by atomic mass is 9.93. The molecule has 28 heavy (non-hydrogen) atoms.